The maximum atomic E-state index is 13.4. The molecule has 2 aromatic rings. The molecule has 1 amide bonds. The third-order valence-electron chi connectivity index (χ3n) is 2.36. The highest BCUT2D eigenvalue weighted by Gasteiger charge is 2.18. The van der Waals surface area contributed by atoms with E-state index >= 15 is 0 Å². The first-order chi connectivity index (χ1) is 8.99. The molecule has 0 saturated carbocycles. The molecule has 0 aliphatic carbocycles. The number of anilines is 1. The molecule has 0 heterocycles. The predicted molar refractivity (Wildman–Crippen MR) is 65.7 cm³/mol. The first-order valence-electron chi connectivity index (χ1n) is 5.19. The van der Waals surface area contributed by atoms with E-state index in [1.807, 2.05) is 0 Å². The normalized spacial score (nSPS) is 10.3. The lowest BCUT2D eigenvalue weighted by molar-refractivity contribution is 0.102. The molecule has 2 nitrogen and oxygen atoms in total. The van der Waals surface area contributed by atoms with Gasteiger partial charge in [-0.1, -0.05) is 17.7 Å². The van der Waals surface area contributed by atoms with Crippen molar-refractivity contribution in [3.05, 3.63) is 64.4 Å². The Labute approximate surface area is 111 Å². The number of hydrogen-bond donors (Lipinski definition) is 1. The first-order valence-corrected chi connectivity index (χ1v) is 5.57. The number of carbonyl (C=O) groups is 1. The van der Waals surface area contributed by atoms with E-state index in [0.717, 1.165) is 6.07 Å². The summed E-state index contributed by atoms with van der Waals surface area (Å²) in [5, 5.41) is 2.71. The molecular weight excluding hydrogens is 279 g/mol. The minimum Gasteiger partial charge on any atom is -0.322 e. The average Bonchev–Trinajstić information content (AvgIpc) is 2.36. The monoisotopic (exact) mass is 285 g/mol. The molecule has 0 saturated heterocycles. The summed E-state index contributed by atoms with van der Waals surface area (Å²) in [4.78, 5) is 11.7. The van der Waals surface area contributed by atoms with Gasteiger partial charge in [-0.2, -0.15) is 0 Å². The molecule has 98 valence electrons. The highest BCUT2D eigenvalue weighted by molar-refractivity contribution is 6.30. The van der Waals surface area contributed by atoms with Gasteiger partial charge in [0.15, 0.2) is 17.5 Å². The second-order valence-corrected chi connectivity index (χ2v) is 4.12. The van der Waals surface area contributed by atoms with Crippen molar-refractivity contribution in [2.75, 3.05) is 5.32 Å². The van der Waals surface area contributed by atoms with Crippen molar-refractivity contribution in [1.82, 2.24) is 0 Å². The van der Waals surface area contributed by atoms with Gasteiger partial charge in [0.2, 0.25) is 0 Å². The topological polar surface area (TPSA) is 29.1 Å². The summed E-state index contributed by atoms with van der Waals surface area (Å²) in [6.45, 7) is 0. The molecule has 0 aliphatic rings. The molecule has 6 heteroatoms. The Hall–Kier alpha value is -2.01. The smallest absolute Gasteiger partial charge is 0.258 e. The highest BCUT2D eigenvalue weighted by atomic mass is 35.5. The van der Waals surface area contributed by atoms with Crippen LogP contribution in [0.1, 0.15) is 10.4 Å². The molecule has 0 unspecified atom stereocenters. The summed E-state index contributed by atoms with van der Waals surface area (Å²) >= 11 is 5.72. The zero-order valence-electron chi connectivity index (χ0n) is 9.38. The molecule has 0 aliphatic heterocycles. The van der Waals surface area contributed by atoms with Gasteiger partial charge in [-0.25, -0.2) is 13.2 Å². The number of benzene rings is 2. The fourth-order valence-electron chi connectivity index (χ4n) is 1.47. The van der Waals surface area contributed by atoms with Gasteiger partial charge in [-0.15, -0.1) is 0 Å². The van der Waals surface area contributed by atoms with Crippen LogP contribution in [0.15, 0.2) is 36.4 Å². The van der Waals surface area contributed by atoms with Crippen LogP contribution < -0.4 is 5.32 Å². The van der Waals surface area contributed by atoms with Crippen LogP contribution in [0.2, 0.25) is 5.02 Å². The third-order valence-corrected chi connectivity index (χ3v) is 2.60. The van der Waals surface area contributed by atoms with Gasteiger partial charge in [-0.05, 0) is 30.3 Å². The molecule has 0 radical (unpaired) electrons. The van der Waals surface area contributed by atoms with Crippen molar-refractivity contribution < 1.29 is 18.0 Å². The Morgan fingerprint density at radius 3 is 2.47 bits per heavy atom. The van der Waals surface area contributed by atoms with E-state index in [2.05, 4.69) is 5.32 Å². The lowest BCUT2D eigenvalue weighted by Crippen LogP contribution is -2.15. The lowest BCUT2D eigenvalue weighted by atomic mass is 10.1. The summed E-state index contributed by atoms with van der Waals surface area (Å²) in [5.74, 6) is -5.45. The van der Waals surface area contributed by atoms with E-state index < -0.39 is 28.9 Å². The maximum absolute atomic E-state index is 13.4. The summed E-state index contributed by atoms with van der Waals surface area (Å²) in [6.07, 6.45) is 0. The van der Waals surface area contributed by atoms with Gasteiger partial charge in [-0.3, -0.25) is 4.79 Å². The predicted octanol–water partition coefficient (Wildman–Crippen LogP) is 4.01. The molecule has 0 aromatic heterocycles. The summed E-state index contributed by atoms with van der Waals surface area (Å²) in [5.41, 5.74) is -0.263. The minimum absolute atomic E-state index is 0.321. The summed E-state index contributed by atoms with van der Waals surface area (Å²) in [7, 11) is 0. The van der Waals surface area contributed by atoms with E-state index in [4.69, 9.17) is 11.6 Å². The van der Waals surface area contributed by atoms with Gasteiger partial charge in [0.1, 0.15) is 0 Å². The van der Waals surface area contributed by atoms with Crippen LogP contribution in [0.4, 0.5) is 18.9 Å². The van der Waals surface area contributed by atoms with Crippen molar-refractivity contribution in [1.29, 1.82) is 0 Å². The van der Waals surface area contributed by atoms with Crippen molar-refractivity contribution in [3.63, 3.8) is 0 Å². The van der Waals surface area contributed by atoms with Gasteiger partial charge in [0.05, 0.1) is 5.56 Å². The Morgan fingerprint density at radius 2 is 1.79 bits per heavy atom. The molecule has 0 spiro atoms. The van der Waals surface area contributed by atoms with Crippen LogP contribution in [0.3, 0.4) is 0 Å². The summed E-state index contributed by atoms with van der Waals surface area (Å²) < 4.78 is 39.1. The number of amides is 1. The number of carbonyl (C=O) groups excluding carboxylic acids is 1. The zero-order chi connectivity index (χ0) is 14.0. The summed E-state index contributed by atoms with van der Waals surface area (Å²) in [6, 6.07) is 7.70. The molecule has 0 fully saturated rings. The second-order valence-electron chi connectivity index (χ2n) is 3.69. The SMILES string of the molecule is O=C(Nc1cccc(Cl)c1)c1ccc(F)c(F)c1F. The van der Waals surface area contributed by atoms with Gasteiger partial charge in [0.25, 0.3) is 5.91 Å². The molecule has 1 N–H and O–H groups in total. The van der Waals surface area contributed by atoms with Crippen LogP contribution in [-0.4, -0.2) is 5.91 Å². The zero-order valence-corrected chi connectivity index (χ0v) is 10.1. The standard InChI is InChI=1S/C13H7ClF3NO/c14-7-2-1-3-8(6-7)18-13(19)9-4-5-10(15)12(17)11(9)16/h1-6H,(H,18,19). The van der Waals surface area contributed by atoms with Crippen molar-refractivity contribution in [2.24, 2.45) is 0 Å². The van der Waals surface area contributed by atoms with Crippen molar-refractivity contribution in [2.45, 2.75) is 0 Å². The Bertz CT molecular complexity index is 646. The largest absolute Gasteiger partial charge is 0.322 e. The molecule has 0 atom stereocenters. The van der Waals surface area contributed by atoms with Crippen LogP contribution in [0, 0.1) is 17.5 Å². The molecule has 2 aromatic carbocycles. The minimum atomic E-state index is -1.68. The maximum Gasteiger partial charge on any atom is 0.258 e. The van der Waals surface area contributed by atoms with Gasteiger partial charge in [0, 0.05) is 10.7 Å². The fourth-order valence-corrected chi connectivity index (χ4v) is 1.66. The number of nitrogens with one attached hydrogen (secondary N) is 1. The average molecular weight is 286 g/mol. The van der Waals surface area contributed by atoms with Crippen molar-refractivity contribution >= 4 is 23.2 Å². The number of hydrogen-bond acceptors (Lipinski definition) is 1. The van der Waals surface area contributed by atoms with Crippen LogP contribution >= 0.6 is 11.6 Å². The van der Waals surface area contributed by atoms with Crippen LogP contribution in [0.5, 0.6) is 0 Å². The van der Waals surface area contributed by atoms with Crippen LogP contribution in [0.25, 0.3) is 0 Å². The number of rotatable bonds is 2. The van der Waals surface area contributed by atoms with Gasteiger partial charge < -0.3 is 5.32 Å². The fraction of sp³-hybridized carbons (Fsp3) is 0. The van der Waals surface area contributed by atoms with Crippen LogP contribution in [-0.2, 0) is 0 Å². The van der Waals surface area contributed by atoms with E-state index in [-0.39, 0.29) is 0 Å². The molecular formula is C13H7ClF3NO. The van der Waals surface area contributed by atoms with Crippen molar-refractivity contribution in [3.8, 4) is 0 Å². The Kier molecular flexibility index (Phi) is 3.76. The lowest BCUT2D eigenvalue weighted by Gasteiger charge is -2.07. The Balaban J connectivity index is 2.28. The first kappa shape index (κ1) is 13.4. The van der Waals surface area contributed by atoms with E-state index in [1.54, 1.807) is 12.1 Å². The van der Waals surface area contributed by atoms with E-state index in [1.165, 1.54) is 12.1 Å². The Morgan fingerprint density at radius 1 is 1.05 bits per heavy atom. The second kappa shape index (κ2) is 5.32. The molecule has 2 rings (SSSR count). The number of halogens is 4. The quantitative estimate of drug-likeness (QED) is 0.830. The molecule has 19 heavy (non-hydrogen) atoms. The van der Waals surface area contributed by atoms with E-state index in [9.17, 15) is 18.0 Å². The van der Waals surface area contributed by atoms with Gasteiger partial charge >= 0.3 is 0 Å². The third kappa shape index (κ3) is 2.88. The highest BCUT2D eigenvalue weighted by Crippen LogP contribution is 2.19. The van der Waals surface area contributed by atoms with E-state index in [0.29, 0.717) is 16.8 Å². The molecule has 0 bridgehead atoms.